The van der Waals surface area contributed by atoms with Gasteiger partial charge >= 0.3 is 0 Å². The Morgan fingerprint density at radius 2 is 0.686 bits per heavy atom. The first kappa shape index (κ1) is 28.0. The molecule has 0 unspecified atom stereocenters. The molecule has 0 aliphatic heterocycles. The second-order valence-corrected chi connectivity index (χ2v) is 13.2. The number of rotatable bonds is 4. The number of hydrogen-bond donors (Lipinski definition) is 0. The predicted octanol–water partition coefficient (Wildman–Crippen LogP) is 13.1. The molecule has 0 radical (unpaired) electrons. The fraction of sp³-hybridized carbons (Fsp3) is 0. The Morgan fingerprint density at radius 3 is 1.16 bits per heavy atom. The maximum atomic E-state index is 7.20. The van der Waals surface area contributed by atoms with Gasteiger partial charge in [-0.15, -0.1) is 0 Å². The van der Waals surface area contributed by atoms with Gasteiger partial charge in [-0.3, -0.25) is 0 Å². The normalized spacial score (nSPS) is 11.9. The number of fused-ring (bicyclic) bond motifs is 11. The summed E-state index contributed by atoms with van der Waals surface area (Å²) in [4.78, 5) is 0. The number of hydrogen-bond acceptors (Lipinski definition) is 1. The molecule has 0 aliphatic carbocycles. The van der Waals surface area contributed by atoms with Crippen molar-refractivity contribution in [1.82, 2.24) is 9.13 Å². The molecular weight excluding hydrogens is 621 g/mol. The van der Waals surface area contributed by atoms with Crippen LogP contribution in [0.25, 0.3) is 99.2 Å². The van der Waals surface area contributed by atoms with Crippen molar-refractivity contribution >= 4 is 65.6 Å². The van der Waals surface area contributed by atoms with E-state index in [1.165, 1.54) is 33.0 Å². The lowest BCUT2D eigenvalue weighted by Crippen LogP contribution is -1.96. The Labute approximate surface area is 293 Å². The van der Waals surface area contributed by atoms with Gasteiger partial charge in [0.05, 0.1) is 44.2 Å². The van der Waals surface area contributed by atoms with E-state index in [9.17, 15) is 0 Å². The third-order valence-electron chi connectivity index (χ3n) is 10.5. The molecule has 3 nitrogen and oxygen atoms in total. The van der Waals surface area contributed by atoms with Gasteiger partial charge in [0.1, 0.15) is 11.2 Å². The van der Waals surface area contributed by atoms with Crippen LogP contribution in [0.5, 0.6) is 0 Å². The molecule has 11 aromatic rings. The lowest BCUT2D eigenvalue weighted by molar-refractivity contribution is 0.677. The Balaban J connectivity index is 1.23. The van der Waals surface area contributed by atoms with Gasteiger partial charge in [0.25, 0.3) is 0 Å². The largest absolute Gasteiger partial charge is 0.455 e. The topological polar surface area (TPSA) is 23.0 Å². The van der Waals surface area contributed by atoms with Gasteiger partial charge in [-0.05, 0) is 59.7 Å². The molecule has 3 aromatic heterocycles. The molecule has 3 heteroatoms. The van der Waals surface area contributed by atoms with Crippen molar-refractivity contribution in [3.05, 3.63) is 182 Å². The summed E-state index contributed by atoms with van der Waals surface area (Å²) in [7, 11) is 0. The lowest BCUT2D eigenvalue weighted by Gasteiger charge is -2.14. The van der Waals surface area contributed by atoms with Crippen molar-refractivity contribution in [2.75, 3.05) is 0 Å². The Morgan fingerprint density at radius 1 is 0.294 bits per heavy atom. The van der Waals surface area contributed by atoms with Gasteiger partial charge in [-0.2, -0.15) is 0 Å². The average molecular weight is 651 g/mol. The van der Waals surface area contributed by atoms with Crippen molar-refractivity contribution in [2.24, 2.45) is 0 Å². The highest BCUT2D eigenvalue weighted by Gasteiger charge is 2.23. The molecule has 11 rings (SSSR count). The van der Waals surface area contributed by atoms with Crippen LogP contribution in [0.3, 0.4) is 0 Å². The number of nitrogens with zero attached hydrogens (tertiary/aromatic N) is 2. The molecule has 0 amide bonds. The first-order valence-electron chi connectivity index (χ1n) is 17.5. The van der Waals surface area contributed by atoms with Crippen LogP contribution in [0, 0.1) is 0 Å². The zero-order valence-electron chi connectivity index (χ0n) is 27.6. The molecule has 3 heterocycles. The highest BCUT2D eigenvalue weighted by Crippen LogP contribution is 2.46. The first-order chi connectivity index (χ1) is 25.3. The van der Waals surface area contributed by atoms with Gasteiger partial charge in [-0.1, -0.05) is 133 Å². The van der Waals surface area contributed by atoms with Gasteiger partial charge < -0.3 is 13.6 Å². The van der Waals surface area contributed by atoms with E-state index in [1.807, 2.05) is 0 Å². The fourth-order valence-corrected chi connectivity index (χ4v) is 8.38. The number of para-hydroxylation sites is 4. The number of furan rings is 1. The van der Waals surface area contributed by atoms with Crippen LogP contribution in [0.2, 0.25) is 0 Å². The average Bonchev–Trinajstić information content (AvgIpc) is 3.86. The summed E-state index contributed by atoms with van der Waals surface area (Å²) >= 11 is 0. The second-order valence-electron chi connectivity index (χ2n) is 13.2. The Bertz CT molecular complexity index is 2910. The van der Waals surface area contributed by atoms with Gasteiger partial charge in [0.2, 0.25) is 0 Å². The molecule has 0 aliphatic rings. The van der Waals surface area contributed by atoms with Gasteiger partial charge in [-0.25, -0.2) is 0 Å². The highest BCUT2D eigenvalue weighted by atomic mass is 16.3. The van der Waals surface area contributed by atoms with Gasteiger partial charge in [0, 0.05) is 32.7 Å². The maximum Gasteiger partial charge on any atom is 0.145 e. The third-order valence-corrected chi connectivity index (χ3v) is 10.5. The van der Waals surface area contributed by atoms with E-state index in [4.69, 9.17) is 4.42 Å². The second kappa shape index (κ2) is 10.8. The van der Waals surface area contributed by atoms with Crippen molar-refractivity contribution in [3.63, 3.8) is 0 Å². The monoisotopic (exact) mass is 650 g/mol. The molecule has 8 aromatic carbocycles. The van der Waals surface area contributed by atoms with Crippen LogP contribution in [-0.2, 0) is 0 Å². The summed E-state index contributed by atoms with van der Waals surface area (Å²) in [5, 5.41) is 6.87. The van der Waals surface area contributed by atoms with Crippen molar-refractivity contribution in [1.29, 1.82) is 0 Å². The molecule has 238 valence electrons. The summed E-state index contributed by atoms with van der Waals surface area (Å²) in [5.74, 6) is 0. The third kappa shape index (κ3) is 4.00. The molecule has 0 atom stereocenters. The lowest BCUT2D eigenvalue weighted by atomic mass is 10.0. The minimum Gasteiger partial charge on any atom is -0.455 e. The maximum absolute atomic E-state index is 7.20. The summed E-state index contributed by atoms with van der Waals surface area (Å²) in [6.07, 6.45) is 0. The van der Waals surface area contributed by atoms with E-state index >= 15 is 0 Å². The van der Waals surface area contributed by atoms with Crippen molar-refractivity contribution in [3.8, 4) is 33.6 Å². The van der Waals surface area contributed by atoms with Crippen molar-refractivity contribution in [2.45, 2.75) is 0 Å². The molecule has 0 saturated heterocycles. The first-order valence-corrected chi connectivity index (χ1v) is 17.5. The molecule has 0 fully saturated rings. The van der Waals surface area contributed by atoms with Crippen molar-refractivity contribution < 1.29 is 4.42 Å². The van der Waals surface area contributed by atoms with E-state index < -0.39 is 0 Å². The van der Waals surface area contributed by atoms with E-state index in [2.05, 4.69) is 191 Å². The van der Waals surface area contributed by atoms with Crippen LogP contribution >= 0.6 is 0 Å². The summed E-state index contributed by atoms with van der Waals surface area (Å²) in [6.45, 7) is 0. The Kier molecular flexibility index (Phi) is 5.96. The van der Waals surface area contributed by atoms with Crippen LogP contribution < -0.4 is 0 Å². The molecule has 0 N–H and O–H groups in total. The smallest absolute Gasteiger partial charge is 0.145 e. The summed E-state index contributed by atoms with van der Waals surface area (Å²) < 4.78 is 12.0. The van der Waals surface area contributed by atoms with E-state index in [0.29, 0.717) is 0 Å². The van der Waals surface area contributed by atoms with Crippen LogP contribution in [0.4, 0.5) is 0 Å². The van der Waals surface area contributed by atoms with E-state index in [1.54, 1.807) is 0 Å². The van der Waals surface area contributed by atoms with Crippen LogP contribution in [0.15, 0.2) is 186 Å². The molecule has 0 saturated carbocycles. The molecular formula is C48H30N2O. The highest BCUT2D eigenvalue weighted by molar-refractivity contribution is 6.29. The minimum atomic E-state index is 0.920. The quantitative estimate of drug-likeness (QED) is 0.186. The van der Waals surface area contributed by atoms with E-state index in [0.717, 1.165) is 66.2 Å². The van der Waals surface area contributed by atoms with E-state index in [-0.39, 0.29) is 0 Å². The zero-order chi connectivity index (χ0) is 33.5. The van der Waals surface area contributed by atoms with Gasteiger partial charge in [0.15, 0.2) is 0 Å². The molecule has 0 spiro atoms. The molecule has 0 bridgehead atoms. The number of benzene rings is 8. The predicted molar refractivity (Wildman–Crippen MR) is 213 cm³/mol. The number of aromatic nitrogens is 2. The summed E-state index contributed by atoms with van der Waals surface area (Å²) in [6, 6.07) is 65.2. The summed E-state index contributed by atoms with van der Waals surface area (Å²) in [5.41, 5.74) is 13.5. The zero-order valence-corrected chi connectivity index (χ0v) is 27.6. The molecule has 51 heavy (non-hydrogen) atoms. The standard InChI is InChI=1S/C48H30N2O/c1-3-15-31(16-4-1)33-19-7-11-23-39(33)49-41-25-13-9-21-37(41)45-43(49)29-27-35-36-28-30-44-46(48(36)51-47(35)45)38-22-10-14-26-42(38)50(44)40-24-12-8-20-34(40)32-17-5-2-6-18-32/h1-30H. The minimum absolute atomic E-state index is 0.920. The van der Waals surface area contributed by atoms with Crippen LogP contribution in [0.1, 0.15) is 0 Å². The van der Waals surface area contributed by atoms with Crippen LogP contribution in [-0.4, -0.2) is 9.13 Å². The SMILES string of the molecule is c1ccc(-c2ccccc2-n2c3ccccc3c3c4oc5c(ccc6c5c5ccccc5n6-c5ccccc5-c5ccccc5)c4ccc32)cc1. The fourth-order valence-electron chi connectivity index (χ4n) is 8.38. The Hall–Kier alpha value is -6.84.